The lowest BCUT2D eigenvalue weighted by Gasteiger charge is -1.81. The third kappa shape index (κ3) is 1.32. The number of hydrogen-bond donors (Lipinski definition) is 1. The quantitative estimate of drug-likeness (QED) is 0.494. The molecule has 9 heavy (non-hydrogen) atoms. The Morgan fingerprint density at radius 1 is 1.89 bits per heavy atom. The molecule has 0 aliphatic heterocycles. The number of imidazole rings is 1. The Labute approximate surface area is 56.9 Å². The fourth-order valence-corrected chi connectivity index (χ4v) is 0.847. The van der Waals surface area contributed by atoms with E-state index in [4.69, 9.17) is 0 Å². The molecule has 0 fully saturated rings. The Kier molecular flexibility index (Phi) is 1.89. The Morgan fingerprint density at radius 3 is 3.00 bits per heavy atom. The first-order chi connectivity index (χ1) is 4.36. The SMILES string of the molecule is CSc1cnc(C=O)[nH]1. The molecule has 0 aliphatic rings. The van der Waals surface area contributed by atoms with Gasteiger partial charge >= 0.3 is 0 Å². The summed E-state index contributed by atoms with van der Waals surface area (Å²) in [6.45, 7) is 0. The van der Waals surface area contributed by atoms with Gasteiger partial charge in [-0.15, -0.1) is 11.8 Å². The summed E-state index contributed by atoms with van der Waals surface area (Å²) in [5.41, 5.74) is 0. The molecule has 0 radical (unpaired) electrons. The van der Waals surface area contributed by atoms with Crippen molar-refractivity contribution in [1.82, 2.24) is 9.97 Å². The van der Waals surface area contributed by atoms with Crippen molar-refractivity contribution in [2.45, 2.75) is 5.03 Å². The minimum atomic E-state index is 0.388. The van der Waals surface area contributed by atoms with Crippen LogP contribution in [0, 0.1) is 0 Å². The van der Waals surface area contributed by atoms with Crippen LogP contribution in [0.15, 0.2) is 11.2 Å². The van der Waals surface area contributed by atoms with Crippen LogP contribution in [0.2, 0.25) is 0 Å². The van der Waals surface area contributed by atoms with Crippen molar-refractivity contribution < 1.29 is 4.79 Å². The number of aromatic amines is 1. The number of aromatic nitrogens is 2. The van der Waals surface area contributed by atoms with E-state index in [0.29, 0.717) is 12.1 Å². The second kappa shape index (κ2) is 2.68. The number of aldehydes is 1. The number of carbonyl (C=O) groups is 1. The molecule has 1 aromatic rings. The van der Waals surface area contributed by atoms with Crippen LogP contribution in [-0.2, 0) is 0 Å². The number of carbonyl (C=O) groups excluding carboxylic acids is 1. The molecule has 0 aromatic carbocycles. The molecule has 0 spiro atoms. The lowest BCUT2D eigenvalue weighted by molar-refractivity contribution is 0.111. The molecule has 0 amide bonds. The van der Waals surface area contributed by atoms with Gasteiger partial charge in [0.1, 0.15) is 0 Å². The van der Waals surface area contributed by atoms with Gasteiger partial charge in [-0.25, -0.2) is 4.98 Å². The summed E-state index contributed by atoms with van der Waals surface area (Å²) in [4.78, 5) is 16.6. The maximum absolute atomic E-state index is 10.0. The molecule has 1 heterocycles. The van der Waals surface area contributed by atoms with Gasteiger partial charge in [0.25, 0.3) is 0 Å². The van der Waals surface area contributed by atoms with Crippen LogP contribution in [0.5, 0.6) is 0 Å². The summed E-state index contributed by atoms with van der Waals surface area (Å²) >= 11 is 1.53. The van der Waals surface area contributed by atoms with E-state index in [-0.39, 0.29) is 0 Å². The van der Waals surface area contributed by atoms with E-state index in [1.807, 2.05) is 6.26 Å². The van der Waals surface area contributed by atoms with Crippen LogP contribution in [0.1, 0.15) is 10.6 Å². The van der Waals surface area contributed by atoms with Gasteiger partial charge in [0.05, 0.1) is 11.2 Å². The molecule has 48 valence electrons. The Balaban J connectivity index is 2.86. The van der Waals surface area contributed by atoms with E-state index >= 15 is 0 Å². The lowest BCUT2D eigenvalue weighted by atomic mass is 10.7. The Hall–Kier alpha value is -0.770. The van der Waals surface area contributed by atoms with Crippen molar-refractivity contribution in [3.8, 4) is 0 Å². The molecule has 0 bridgehead atoms. The van der Waals surface area contributed by atoms with Gasteiger partial charge in [-0.05, 0) is 6.26 Å². The van der Waals surface area contributed by atoms with Crippen LogP contribution < -0.4 is 0 Å². The lowest BCUT2D eigenvalue weighted by Crippen LogP contribution is -1.79. The van der Waals surface area contributed by atoms with Crippen molar-refractivity contribution in [2.75, 3.05) is 6.26 Å². The fraction of sp³-hybridized carbons (Fsp3) is 0.200. The normalized spacial score (nSPS) is 9.44. The maximum atomic E-state index is 10.0. The molecule has 0 unspecified atom stereocenters. The first kappa shape index (κ1) is 6.35. The predicted octanol–water partition coefficient (Wildman–Crippen LogP) is 0.944. The van der Waals surface area contributed by atoms with Crippen molar-refractivity contribution in [1.29, 1.82) is 0 Å². The summed E-state index contributed by atoms with van der Waals surface area (Å²) in [6.07, 6.45) is 4.25. The highest BCUT2D eigenvalue weighted by atomic mass is 32.2. The van der Waals surface area contributed by atoms with Crippen LogP contribution in [0.3, 0.4) is 0 Å². The van der Waals surface area contributed by atoms with Crippen molar-refractivity contribution in [2.24, 2.45) is 0 Å². The second-order valence-electron chi connectivity index (χ2n) is 1.45. The number of nitrogens with one attached hydrogen (secondary N) is 1. The van der Waals surface area contributed by atoms with Crippen molar-refractivity contribution in [3.05, 3.63) is 12.0 Å². The molecule has 4 heteroatoms. The van der Waals surface area contributed by atoms with Crippen LogP contribution >= 0.6 is 11.8 Å². The van der Waals surface area contributed by atoms with Gasteiger partial charge < -0.3 is 4.98 Å². The fourth-order valence-electron chi connectivity index (χ4n) is 0.483. The zero-order chi connectivity index (χ0) is 6.69. The molecule has 1 rings (SSSR count). The molecule has 3 nitrogen and oxygen atoms in total. The van der Waals surface area contributed by atoms with E-state index in [9.17, 15) is 4.79 Å². The van der Waals surface area contributed by atoms with E-state index in [1.165, 1.54) is 11.8 Å². The van der Waals surface area contributed by atoms with E-state index in [0.717, 1.165) is 5.03 Å². The molecule has 1 aromatic heterocycles. The maximum Gasteiger partial charge on any atom is 0.185 e. The first-order valence-corrected chi connectivity index (χ1v) is 3.63. The number of H-pyrrole nitrogens is 1. The average molecular weight is 142 g/mol. The van der Waals surface area contributed by atoms with Gasteiger partial charge in [0.2, 0.25) is 0 Å². The summed E-state index contributed by atoms with van der Waals surface area (Å²) in [6, 6.07) is 0. The van der Waals surface area contributed by atoms with Crippen LogP contribution in [0.25, 0.3) is 0 Å². The number of nitrogens with zero attached hydrogens (tertiary/aromatic N) is 1. The molecule has 0 saturated heterocycles. The molecule has 0 aliphatic carbocycles. The molecule has 1 N–H and O–H groups in total. The zero-order valence-electron chi connectivity index (χ0n) is 4.92. The highest BCUT2D eigenvalue weighted by molar-refractivity contribution is 7.98. The van der Waals surface area contributed by atoms with Crippen LogP contribution in [-0.4, -0.2) is 22.5 Å². The van der Waals surface area contributed by atoms with E-state index in [2.05, 4.69) is 9.97 Å². The minimum Gasteiger partial charge on any atom is -0.331 e. The first-order valence-electron chi connectivity index (χ1n) is 2.41. The Morgan fingerprint density at radius 2 is 2.67 bits per heavy atom. The number of rotatable bonds is 2. The van der Waals surface area contributed by atoms with E-state index in [1.54, 1.807) is 6.20 Å². The third-order valence-corrected chi connectivity index (χ3v) is 1.55. The average Bonchev–Trinajstić information content (AvgIpc) is 2.34. The van der Waals surface area contributed by atoms with Crippen molar-refractivity contribution >= 4 is 18.0 Å². The van der Waals surface area contributed by atoms with Crippen molar-refractivity contribution in [3.63, 3.8) is 0 Å². The third-order valence-electron chi connectivity index (χ3n) is 0.904. The zero-order valence-corrected chi connectivity index (χ0v) is 5.73. The molecule has 0 saturated carbocycles. The van der Waals surface area contributed by atoms with E-state index < -0.39 is 0 Å². The van der Waals surface area contributed by atoms with Gasteiger partial charge in [0.15, 0.2) is 12.1 Å². The van der Waals surface area contributed by atoms with Gasteiger partial charge in [0, 0.05) is 0 Å². The minimum absolute atomic E-state index is 0.388. The number of hydrogen-bond acceptors (Lipinski definition) is 3. The monoisotopic (exact) mass is 142 g/mol. The molecular formula is C5H6N2OS. The smallest absolute Gasteiger partial charge is 0.185 e. The summed E-state index contributed by atoms with van der Waals surface area (Å²) in [5, 5.41) is 0.914. The highest BCUT2D eigenvalue weighted by Gasteiger charge is 1.94. The summed E-state index contributed by atoms with van der Waals surface area (Å²) in [5.74, 6) is 0.388. The standard InChI is InChI=1S/C5H6N2OS/c1-9-5-2-6-4(3-8)7-5/h2-3H,1H3,(H,6,7). The Bertz CT molecular complexity index is 208. The largest absolute Gasteiger partial charge is 0.331 e. The highest BCUT2D eigenvalue weighted by Crippen LogP contribution is 2.08. The topological polar surface area (TPSA) is 45.8 Å². The van der Waals surface area contributed by atoms with Gasteiger partial charge in [-0.3, -0.25) is 4.79 Å². The predicted molar refractivity (Wildman–Crippen MR) is 35.8 cm³/mol. The summed E-state index contributed by atoms with van der Waals surface area (Å²) < 4.78 is 0. The van der Waals surface area contributed by atoms with Gasteiger partial charge in [-0.1, -0.05) is 0 Å². The molecular weight excluding hydrogens is 136 g/mol. The summed E-state index contributed by atoms with van der Waals surface area (Å²) in [7, 11) is 0. The van der Waals surface area contributed by atoms with Gasteiger partial charge in [-0.2, -0.15) is 0 Å². The molecule has 0 atom stereocenters. The number of thioether (sulfide) groups is 1. The van der Waals surface area contributed by atoms with Crippen LogP contribution in [0.4, 0.5) is 0 Å². The second-order valence-corrected chi connectivity index (χ2v) is 2.30.